The minimum absolute atomic E-state index is 0.0867. The zero-order valence-electron chi connectivity index (χ0n) is 8.84. The molecule has 1 atom stereocenters. The number of phenolic OH excluding ortho intramolecular Hbond substituents is 1. The van der Waals surface area contributed by atoms with Crippen LogP contribution in [0.3, 0.4) is 0 Å². The second kappa shape index (κ2) is 5.84. The Bertz CT molecular complexity index is 382. The fourth-order valence-corrected chi connectivity index (χ4v) is 1.41. The van der Waals surface area contributed by atoms with Crippen LogP contribution in [0.2, 0.25) is 0 Å². The highest BCUT2D eigenvalue weighted by Gasteiger charge is 2.11. The fourth-order valence-electron chi connectivity index (χ4n) is 1.18. The number of rotatable bonds is 4. The van der Waals surface area contributed by atoms with Crippen LogP contribution < -0.4 is 5.32 Å². The molecular weight excluding hydrogens is 277 g/mol. The number of amides is 1. The number of carbonyl (C=O) groups excluding carboxylic acids is 1. The summed E-state index contributed by atoms with van der Waals surface area (Å²) in [7, 11) is 0. The second-order valence-corrected chi connectivity index (χ2v) is 5.05. The van der Waals surface area contributed by atoms with Gasteiger partial charge in [0.25, 0.3) is 5.91 Å². The quantitative estimate of drug-likeness (QED) is 0.837. The highest BCUT2D eigenvalue weighted by molar-refractivity contribution is 9.09. The van der Waals surface area contributed by atoms with Gasteiger partial charge in [0.1, 0.15) is 11.6 Å². The first-order valence-corrected chi connectivity index (χ1v) is 5.83. The maximum absolute atomic E-state index is 12.7. The molecule has 1 amide bonds. The van der Waals surface area contributed by atoms with E-state index in [0.29, 0.717) is 11.4 Å². The van der Waals surface area contributed by atoms with Crippen molar-refractivity contribution in [1.82, 2.24) is 5.32 Å². The van der Waals surface area contributed by atoms with Gasteiger partial charge in [-0.25, -0.2) is 4.39 Å². The Kier molecular flexibility index (Phi) is 4.73. The van der Waals surface area contributed by atoms with Gasteiger partial charge in [-0.3, -0.25) is 4.79 Å². The lowest BCUT2D eigenvalue weighted by Crippen LogP contribution is -2.25. The van der Waals surface area contributed by atoms with Crippen molar-refractivity contribution in [2.75, 3.05) is 6.54 Å². The zero-order valence-corrected chi connectivity index (χ0v) is 10.4. The molecule has 1 aromatic rings. The molecule has 0 aliphatic rings. The maximum atomic E-state index is 12.7. The summed E-state index contributed by atoms with van der Waals surface area (Å²) in [5, 5.41) is 12.0. The van der Waals surface area contributed by atoms with E-state index >= 15 is 0 Å². The molecule has 0 heterocycles. The van der Waals surface area contributed by atoms with Gasteiger partial charge in [-0.1, -0.05) is 22.9 Å². The lowest BCUT2D eigenvalue weighted by atomic mass is 10.2. The van der Waals surface area contributed by atoms with E-state index in [9.17, 15) is 14.3 Å². The normalized spacial score (nSPS) is 12.2. The molecule has 88 valence electrons. The molecule has 0 aromatic heterocycles. The monoisotopic (exact) mass is 289 g/mol. The largest absolute Gasteiger partial charge is 0.507 e. The maximum Gasteiger partial charge on any atom is 0.255 e. The van der Waals surface area contributed by atoms with Crippen molar-refractivity contribution in [2.45, 2.75) is 18.2 Å². The Morgan fingerprint density at radius 2 is 2.31 bits per heavy atom. The highest BCUT2D eigenvalue weighted by Crippen LogP contribution is 2.17. The van der Waals surface area contributed by atoms with Crippen LogP contribution in [0, 0.1) is 5.82 Å². The van der Waals surface area contributed by atoms with Gasteiger partial charge in [0.2, 0.25) is 0 Å². The van der Waals surface area contributed by atoms with Crippen LogP contribution in [0.4, 0.5) is 4.39 Å². The van der Waals surface area contributed by atoms with Gasteiger partial charge in [0.05, 0.1) is 5.56 Å². The SMILES string of the molecule is CC(Br)CCNC(=O)c1ccc(F)cc1O. The first-order chi connectivity index (χ1) is 7.50. The number of nitrogens with one attached hydrogen (secondary N) is 1. The Morgan fingerprint density at radius 3 is 2.88 bits per heavy atom. The van der Waals surface area contributed by atoms with E-state index in [1.54, 1.807) is 0 Å². The number of hydrogen-bond donors (Lipinski definition) is 2. The summed E-state index contributed by atoms with van der Waals surface area (Å²) in [4.78, 5) is 11.9. The van der Waals surface area contributed by atoms with Gasteiger partial charge in [0, 0.05) is 17.4 Å². The molecule has 0 radical (unpaired) electrons. The number of carbonyl (C=O) groups is 1. The lowest BCUT2D eigenvalue weighted by molar-refractivity contribution is 0.0950. The molecule has 0 fully saturated rings. The van der Waals surface area contributed by atoms with Crippen LogP contribution in [0.1, 0.15) is 23.7 Å². The molecule has 0 aliphatic heterocycles. The summed E-state index contributed by atoms with van der Waals surface area (Å²) in [5.41, 5.74) is 0.0867. The minimum atomic E-state index is -0.567. The lowest BCUT2D eigenvalue weighted by Gasteiger charge is -2.07. The summed E-state index contributed by atoms with van der Waals surface area (Å²) in [6.07, 6.45) is 0.785. The van der Waals surface area contributed by atoms with E-state index in [2.05, 4.69) is 21.2 Å². The van der Waals surface area contributed by atoms with E-state index in [-0.39, 0.29) is 11.3 Å². The van der Waals surface area contributed by atoms with E-state index in [0.717, 1.165) is 18.6 Å². The van der Waals surface area contributed by atoms with Gasteiger partial charge >= 0.3 is 0 Å². The zero-order chi connectivity index (χ0) is 12.1. The Labute approximate surface area is 102 Å². The van der Waals surface area contributed by atoms with Gasteiger partial charge < -0.3 is 10.4 Å². The Morgan fingerprint density at radius 1 is 1.62 bits per heavy atom. The van der Waals surface area contributed by atoms with Gasteiger partial charge in [-0.05, 0) is 18.6 Å². The topological polar surface area (TPSA) is 49.3 Å². The number of halogens is 2. The summed E-state index contributed by atoms with van der Waals surface area (Å²) in [6.45, 7) is 2.48. The molecule has 16 heavy (non-hydrogen) atoms. The van der Waals surface area contributed by atoms with Gasteiger partial charge in [-0.15, -0.1) is 0 Å². The van der Waals surface area contributed by atoms with Gasteiger partial charge in [-0.2, -0.15) is 0 Å². The highest BCUT2D eigenvalue weighted by atomic mass is 79.9. The van der Waals surface area contributed by atoms with Crippen molar-refractivity contribution in [3.8, 4) is 5.75 Å². The van der Waals surface area contributed by atoms with Crippen LogP contribution in [0.25, 0.3) is 0 Å². The Balaban J connectivity index is 2.59. The van der Waals surface area contributed by atoms with Crippen LogP contribution in [-0.4, -0.2) is 22.4 Å². The number of hydrogen-bond acceptors (Lipinski definition) is 2. The van der Waals surface area contributed by atoms with Crippen LogP contribution in [0.15, 0.2) is 18.2 Å². The average Bonchev–Trinajstić information content (AvgIpc) is 2.16. The molecule has 2 N–H and O–H groups in total. The number of alkyl halides is 1. The molecule has 1 aromatic carbocycles. The second-order valence-electron chi connectivity index (χ2n) is 3.49. The number of phenols is 1. The molecule has 1 rings (SSSR count). The third-order valence-electron chi connectivity index (χ3n) is 2.03. The van der Waals surface area contributed by atoms with Crippen LogP contribution >= 0.6 is 15.9 Å². The molecule has 0 aliphatic carbocycles. The first kappa shape index (κ1) is 13.0. The molecule has 1 unspecified atom stereocenters. The average molecular weight is 290 g/mol. The van der Waals surface area contributed by atoms with Crippen molar-refractivity contribution in [3.63, 3.8) is 0 Å². The van der Waals surface area contributed by atoms with E-state index in [1.165, 1.54) is 6.07 Å². The van der Waals surface area contributed by atoms with Crippen LogP contribution in [0.5, 0.6) is 5.75 Å². The molecule has 5 heteroatoms. The van der Waals surface area contributed by atoms with Crippen LogP contribution in [-0.2, 0) is 0 Å². The molecule has 3 nitrogen and oxygen atoms in total. The molecular formula is C11H13BrFNO2. The summed E-state index contributed by atoms with van der Waals surface area (Å²) < 4.78 is 12.7. The fraction of sp³-hybridized carbons (Fsp3) is 0.364. The summed E-state index contributed by atoms with van der Waals surface area (Å²) in [6, 6.07) is 3.32. The summed E-state index contributed by atoms with van der Waals surface area (Å²) in [5.74, 6) is -1.31. The summed E-state index contributed by atoms with van der Waals surface area (Å²) >= 11 is 3.35. The van der Waals surface area contributed by atoms with E-state index < -0.39 is 11.7 Å². The first-order valence-electron chi connectivity index (χ1n) is 4.91. The van der Waals surface area contributed by atoms with Crippen molar-refractivity contribution < 1.29 is 14.3 Å². The number of aromatic hydroxyl groups is 1. The van der Waals surface area contributed by atoms with Gasteiger partial charge in [0.15, 0.2) is 0 Å². The van der Waals surface area contributed by atoms with Crippen molar-refractivity contribution >= 4 is 21.8 Å². The molecule has 0 bridgehead atoms. The number of benzene rings is 1. The van der Waals surface area contributed by atoms with Crippen molar-refractivity contribution in [3.05, 3.63) is 29.6 Å². The van der Waals surface area contributed by atoms with Crippen molar-refractivity contribution in [2.24, 2.45) is 0 Å². The standard InChI is InChI=1S/C11H13BrFNO2/c1-7(12)4-5-14-11(16)9-3-2-8(13)6-10(9)15/h2-3,6-7,15H,4-5H2,1H3,(H,14,16). The predicted octanol–water partition coefficient (Wildman–Crippen LogP) is 2.43. The molecule has 0 saturated carbocycles. The Hall–Kier alpha value is -1.10. The smallest absolute Gasteiger partial charge is 0.255 e. The third kappa shape index (κ3) is 3.81. The predicted molar refractivity (Wildman–Crippen MR) is 63.4 cm³/mol. The van der Waals surface area contributed by atoms with Crippen molar-refractivity contribution in [1.29, 1.82) is 0 Å². The minimum Gasteiger partial charge on any atom is -0.507 e. The molecule has 0 spiro atoms. The van der Waals surface area contributed by atoms with E-state index in [1.807, 2.05) is 6.92 Å². The molecule has 0 saturated heterocycles. The third-order valence-corrected chi connectivity index (χ3v) is 2.49. The van der Waals surface area contributed by atoms with E-state index in [4.69, 9.17) is 0 Å².